The van der Waals surface area contributed by atoms with E-state index in [4.69, 9.17) is 5.73 Å². The van der Waals surface area contributed by atoms with Crippen LogP contribution in [0.3, 0.4) is 0 Å². The number of nitrogens with zero attached hydrogens (tertiary/aromatic N) is 3. The maximum absolute atomic E-state index is 13.0. The van der Waals surface area contributed by atoms with Crippen molar-refractivity contribution in [2.45, 2.75) is 36.2 Å². The SMILES string of the molecule is CC(C)(C)n1nc(S(=O)(=O)c2ccccc2)c2c(N)nccc21. The minimum atomic E-state index is -3.78. The third kappa shape index (κ3) is 2.46. The standard InChI is InChI=1S/C16H18N4O2S/c1-16(2,3)20-12-9-10-18-14(17)13(12)15(19-20)23(21,22)11-7-5-4-6-8-11/h4-10H,1-3H3,(H2,17,18). The first kappa shape index (κ1) is 15.5. The Labute approximate surface area is 134 Å². The van der Waals surface area contributed by atoms with Crippen molar-refractivity contribution in [2.24, 2.45) is 0 Å². The molecule has 1 aromatic carbocycles. The highest BCUT2D eigenvalue weighted by atomic mass is 32.2. The molecule has 0 amide bonds. The zero-order chi connectivity index (χ0) is 16.8. The van der Waals surface area contributed by atoms with E-state index in [2.05, 4.69) is 10.1 Å². The molecule has 0 saturated carbocycles. The van der Waals surface area contributed by atoms with Gasteiger partial charge in [0.2, 0.25) is 9.84 Å². The van der Waals surface area contributed by atoms with E-state index in [0.29, 0.717) is 10.9 Å². The van der Waals surface area contributed by atoms with Crippen LogP contribution in [-0.2, 0) is 15.4 Å². The highest BCUT2D eigenvalue weighted by molar-refractivity contribution is 7.91. The summed E-state index contributed by atoms with van der Waals surface area (Å²) in [6, 6.07) is 9.94. The highest BCUT2D eigenvalue weighted by Crippen LogP contribution is 2.33. The van der Waals surface area contributed by atoms with Gasteiger partial charge in [0.25, 0.3) is 0 Å². The van der Waals surface area contributed by atoms with Crippen molar-refractivity contribution in [1.29, 1.82) is 0 Å². The van der Waals surface area contributed by atoms with Crippen LogP contribution in [0, 0.1) is 0 Å². The summed E-state index contributed by atoms with van der Waals surface area (Å²) in [4.78, 5) is 4.21. The zero-order valence-electron chi connectivity index (χ0n) is 13.2. The minimum absolute atomic E-state index is 0.0563. The van der Waals surface area contributed by atoms with E-state index in [1.807, 2.05) is 20.8 Å². The van der Waals surface area contributed by atoms with Gasteiger partial charge in [0.1, 0.15) is 5.82 Å². The summed E-state index contributed by atoms with van der Waals surface area (Å²) in [5.74, 6) is 0.160. The first-order chi connectivity index (χ1) is 10.7. The van der Waals surface area contributed by atoms with Gasteiger partial charge in [-0.15, -0.1) is 0 Å². The molecule has 0 saturated heterocycles. The summed E-state index contributed by atoms with van der Waals surface area (Å²) in [5.41, 5.74) is 6.22. The Kier molecular flexibility index (Phi) is 3.40. The molecule has 0 unspecified atom stereocenters. The number of hydrogen-bond donors (Lipinski definition) is 1. The number of rotatable bonds is 2. The second-order valence-corrected chi connectivity index (χ2v) is 8.16. The van der Waals surface area contributed by atoms with Crippen molar-refractivity contribution in [3.05, 3.63) is 42.6 Å². The summed E-state index contributed by atoms with van der Waals surface area (Å²) in [7, 11) is -3.78. The molecule has 2 aromatic heterocycles. The lowest BCUT2D eigenvalue weighted by Crippen LogP contribution is -2.23. The van der Waals surface area contributed by atoms with Crippen LogP contribution in [0.1, 0.15) is 20.8 Å². The molecule has 0 atom stereocenters. The molecule has 23 heavy (non-hydrogen) atoms. The van der Waals surface area contributed by atoms with E-state index in [9.17, 15) is 8.42 Å². The van der Waals surface area contributed by atoms with Crippen LogP contribution >= 0.6 is 0 Å². The van der Waals surface area contributed by atoms with Gasteiger partial charge in [-0.05, 0) is 39.0 Å². The predicted octanol–water partition coefficient (Wildman–Crippen LogP) is 2.60. The largest absolute Gasteiger partial charge is 0.383 e. The van der Waals surface area contributed by atoms with Crippen LogP contribution < -0.4 is 5.73 Å². The molecule has 0 bridgehead atoms. The molecule has 0 fully saturated rings. The molecular weight excluding hydrogens is 312 g/mol. The number of sulfone groups is 1. The Bertz CT molecular complexity index is 970. The van der Waals surface area contributed by atoms with Gasteiger partial charge in [0.15, 0.2) is 5.03 Å². The average molecular weight is 330 g/mol. The van der Waals surface area contributed by atoms with Gasteiger partial charge >= 0.3 is 0 Å². The minimum Gasteiger partial charge on any atom is -0.383 e. The van der Waals surface area contributed by atoms with Crippen molar-refractivity contribution in [2.75, 3.05) is 5.73 Å². The van der Waals surface area contributed by atoms with E-state index < -0.39 is 15.4 Å². The van der Waals surface area contributed by atoms with Crippen molar-refractivity contribution < 1.29 is 8.42 Å². The lowest BCUT2D eigenvalue weighted by atomic mass is 10.1. The van der Waals surface area contributed by atoms with Crippen molar-refractivity contribution in [3.63, 3.8) is 0 Å². The number of nitrogen functional groups attached to an aromatic ring is 1. The Morgan fingerprint density at radius 1 is 1.09 bits per heavy atom. The van der Waals surface area contributed by atoms with Gasteiger partial charge in [0, 0.05) is 6.20 Å². The van der Waals surface area contributed by atoms with E-state index in [-0.39, 0.29) is 15.7 Å². The molecule has 3 rings (SSSR count). The van der Waals surface area contributed by atoms with Gasteiger partial charge in [-0.25, -0.2) is 13.4 Å². The van der Waals surface area contributed by atoms with Crippen molar-refractivity contribution in [1.82, 2.24) is 14.8 Å². The van der Waals surface area contributed by atoms with Crippen LogP contribution in [0.5, 0.6) is 0 Å². The quantitative estimate of drug-likeness (QED) is 0.780. The highest BCUT2D eigenvalue weighted by Gasteiger charge is 2.30. The van der Waals surface area contributed by atoms with Gasteiger partial charge in [0.05, 0.1) is 21.3 Å². The summed E-state index contributed by atoms with van der Waals surface area (Å²) in [6.45, 7) is 5.86. The zero-order valence-corrected chi connectivity index (χ0v) is 14.0. The van der Waals surface area contributed by atoms with Crippen LogP contribution in [0.25, 0.3) is 10.9 Å². The molecule has 120 valence electrons. The number of hydrogen-bond acceptors (Lipinski definition) is 5. The van der Waals surface area contributed by atoms with E-state index in [0.717, 1.165) is 0 Å². The van der Waals surface area contributed by atoms with Crippen LogP contribution in [0.4, 0.5) is 5.82 Å². The Hall–Kier alpha value is -2.41. The predicted molar refractivity (Wildman–Crippen MR) is 88.8 cm³/mol. The van der Waals surface area contributed by atoms with Gasteiger partial charge in [-0.1, -0.05) is 18.2 Å². The lowest BCUT2D eigenvalue weighted by molar-refractivity contribution is 0.361. The number of aromatic nitrogens is 3. The van der Waals surface area contributed by atoms with Gasteiger partial charge in [-0.2, -0.15) is 5.10 Å². The Morgan fingerprint density at radius 3 is 2.35 bits per heavy atom. The fraction of sp³-hybridized carbons (Fsp3) is 0.250. The van der Waals surface area contributed by atoms with E-state index in [1.54, 1.807) is 47.3 Å². The first-order valence-corrected chi connectivity index (χ1v) is 8.65. The van der Waals surface area contributed by atoms with Gasteiger partial charge in [-0.3, -0.25) is 4.68 Å². The summed E-state index contributed by atoms with van der Waals surface area (Å²) in [6.07, 6.45) is 1.56. The first-order valence-electron chi connectivity index (χ1n) is 7.17. The Morgan fingerprint density at radius 2 is 1.74 bits per heavy atom. The molecule has 2 N–H and O–H groups in total. The molecular formula is C16H18N4O2S. The molecule has 2 heterocycles. The number of fused-ring (bicyclic) bond motifs is 1. The maximum Gasteiger partial charge on any atom is 0.226 e. The second kappa shape index (κ2) is 5.06. The van der Waals surface area contributed by atoms with E-state index >= 15 is 0 Å². The summed E-state index contributed by atoms with van der Waals surface area (Å²) >= 11 is 0. The van der Waals surface area contributed by atoms with Gasteiger partial charge < -0.3 is 5.73 Å². The topological polar surface area (TPSA) is 90.9 Å². The fourth-order valence-electron chi connectivity index (χ4n) is 2.47. The summed E-state index contributed by atoms with van der Waals surface area (Å²) < 4.78 is 27.6. The summed E-state index contributed by atoms with van der Waals surface area (Å²) in [5, 5.41) is 4.69. The molecule has 3 aromatic rings. The number of benzene rings is 1. The number of pyridine rings is 1. The molecule has 0 radical (unpaired) electrons. The molecule has 7 heteroatoms. The number of anilines is 1. The molecule has 0 aliphatic carbocycles. The average Bonchev–Trinajstić information content (AvgIpc) is 2.90. The second-order valence-electron chi connectivity index (χ2n) is 6.29. The molecule has 0 aliphatic heterocycles. The smallest absolute Gasteiger partial charge is 0.226 e. The third-order valence-corrected chi connectivity index (χ3v) is 5.22. The molecule has 0 aliphatic rings. The normalized spacial score (nSPS) is 12.7. The van der Waals surface area contributed by atoms with Crippen molar-refractivity contribution in [3.8, 4) is 0 Å². The third-order valence-electron chi connectivity index (χ3n) is 3.53. The lowest BCUT2D eigenvalue weighted by Gasteiger charge is -2.20. The van der Waals surface area contributed by atoms with E-state index in [1.165, 1.54) is 0 Å². The Balaban J connectivity index is 2.40. The molecule has 6 nitrogen and oxygen atoms in total. The van der Waals surface area contributed by atoms with Crippen LogP contribution in [-0.4, -0.2) is 23.2 Å². The molecule has 0 spiro atoms. The van der Waals surface area contributed by atoms with Crippen molar-refractivity contribution >= 4 is 26.6 Å². The van der Waals surface area contributed by atoms with Crippen LogP contribution in [0.15, 0.2) is 52.5 Å². The van der Waals surface area contributed by atoms with Crippen LogP contribution in [0.2, 0.25) is 0 Å². The fourth-order valence-corrected chi connectivity index (χ4v) is 3.87. The monoisotopic (exact) mass is 330 g/mol. The number of nitrogens with two attached hydrogens (primary N) is 1. The maximum atomic E-state index is 13.0.